The van der Waals surface area contributed by atoms with Crippen molar-refractivity contribution in [3.05, 3.63) is 6.07 Å². The van der Waals surface area contributed by atoms with Gasteiger partial charge in [0, 0.05) is 19.2 Å². The fourth-order valence-corrected chi connectivity index (χ4v) is 2.02. The Hall–Kier alpha value is -1.52. The van der Waals surface area contributed by atoms with E-state index in [1.165, 1.54) is 25.7 Å². The third-order valence-corrected chi connectivity index (χ3v) is 3.22. The molecule has 0 aromatic carbocycles. The van der Waals surface area contributed by atoms with Gasteiger partial charge in [-0.3, -0.25) is 0 Å². The molecule has 108 valence electrons. The molecule has 1 rings (SSSR count). The Morgan fingerprint density at radius 3 is 2.42 bits per heavy atom. The number of hydrogen-bond acceptors (Lipinski definition) is 5. The van der Waals surface area contributed by atoms with Crippen LogP contribution in [0.15, 0.2) is 6.07 Å². The van der Waals surface area contributed by atoms with Gasteiger partial charge in [-0.2, -0.15) is 9.97 Å². The standard InChI is InChI=1S/C14H27N5/c1-4-7-8-11(5-2)10-17-13-9-12(16-6-3)18-14(15)19-13/h9,11H,4-8,10H2,1-3H3,(H4,15,16,17,18,19). The number of nitrogen functional groups attached to an aromatic ring is 1. The highest BCUT2D eigenvalue weighted by atomic mass is 15.1. The first kappa shape index (κ1) is 15.5. The smallest absolute Gasteiger partial charge is 0.223 e. The molecule has 0 amide bonds. The van der Waals surface area contributed by atoms with Gasteiger partial charge in [-0.15, -0.1) is 0 Å². The van der Waals surface area contributed by atoms with E-state index in [0.29, 0.717) is 11.9 Å². The molecule has 1 aromatic heterocycles. The van der Waals surface area contributed by atoms with Gasteiger partial charge >= 0.3 is 0 Å². The average Bonchev–Trinajstić information content (AvgIpc) is 2.39. The van der Waals surface area contributed by atoms with E-state index in [0.717, 1.165) is 24.7 Å². The van der Waals surface area contributed by atoms with Crippen LogP contribution in [0, 0.1) is 5.92 Å². The van der Waals surface area contributed by atoms with E-state index < -0.39 is 0 Å². The molecule has 0 spiro atoms. The van der Waals surface area contributed by atoms with Crippen molar-refractivity contribution in [2.45, 2.75) is 46.5 Å². The lowest BCUT2D eigenvalue weighted by molar-refractivity contribution is 0.472. The molecule has 0 fully saturated rings. The van der Waals surface area contributed by atoms with Gasteiger partial charge < -0.3 is 16.4 Å². The largest absolute Gasteiger partial charge is 0.370 e. The van der Waals surface area contributed by atoms with Crippen LogP contribution in [0.4, 0.5) is 17.6 Å². The van der Waals surface area contributed by atoms with Gasteiger partial charge in [-0.1, -0.05) is 33.1 Å². The molecule has 0 saturated heterocycles. The highest BCUT2D eigenvalue weighted by Crippen LogP contribution is 2.16. The Bertz CT molecular complexity index is 367. The van der Waals surface area contributed by atoms with E-state index >= 15 is 0 Å². The Labute approximate surface area is 116 Å². The zero-order valence-corrected chi connectivity index (χ0v) is 12.4. The zero-order valence-electron chi connectivity index (χ0n) is 12.4. The van der Waals surface area contributed by atoms with Crippen molar-refractivity contribution < 1.29 is 0 Å². The predicted molar refractivity (Wildman–Crippen MR) is 82.4 cm³/mol. The molecule has 1 atom stereocenters. The Morgan fingerprint density at radius 2 is 1.84 bits per heavy atom. The molecule has 0 aliphatic heterocycles. The molecule has 5 nitrogen and oxygen atoms in total. The maximum atomic E-state index is 5.71. The summed E-state index contributed by atoms with van der Waals surface area (Å²) in [6.45, 7) is 8.26. The summed E-state index contributed by atoms with van der Waals surface area (Å²) in [5.74, 6) is 2.58. The van der Waals surface area contributed by atoms with Crippen molar-refractivity contribution in [1.29, 1.82) is 0 Å². The average molecular weight is 265 g/mol. The molecule has 0 radical (unpaired) electrons. The van der Waals surface area contributed by atoms with Crippen LogP contribution in [0.3, 0.4) is 0 Å². The van der Waals surface area contributed by atoms with E-state index in [9.17, 15) is 0 Å². The monoisotopic (exact) mass is 265 g/mol. The van der Waals surface area contributed by atoms with Crippen molar-refractivity contribution >= 4 is 17.6 Å². The molecule has 4 N–H and O–H groups in total. The van der Waals surface area contributed by atoms with Gasteiger partial charge in [0.25, 0.3) is 0 Å². The molecule has 1 heterocycles. The fourth-order valence-electron chi connectivity index (χ4n) is 2.02. The topological polar surface area (TPSA) is 75.9 Å². The maximum absolute atomic E-state index is 5.71. The van der Waals surface area contributed by atoms with Gasteiger partial charge in [-0.25, -0.2) is 0 Å². The first-order valence-corrected chi connectivity index (χ1v) is 7.31. The third kappa shape index (κ3) is 5.77. The second-order valence-corrected chi connectivity index (χ2v) is 4.82. The summed E-state index contributed by atoms with van der Waals surface area (Å²) >= 11 is 0. The van der Waals surface area contributed by atoms with E-state index in [1.807, 2.05) is 13.0 Å². The van der Waals surface area contributed by atoms with Crippen LogP contribution in [-0.2, 0) is 0 Å². The third-order valence-electron chi connectivity index (χ3n) is 3.22. The van der Waals surface area contributed by atoms with Crippen molar-refractivity contribution in [2.75, 3.05) is 29.5 Å². The summed E-state index contributed by atoms with van der Waals surface area (Å²) in [5.41, 5.74) is 5.71. The number of unbranched alkanes of at least 4 members (excludes halogenated alkanes) is 1. The van der Waals surface area contributed by atoms with Gasteiger partial charge in [0.2, 0.25) is 5.95 Å². The van der Waals surface area contributed by atoms with Gasteiger partial charge in [-0.05, 0) is 19.3 Å². The molecule has 1 aromatic rings. The van der Waals surface area contributed by atoms with Crippen LogP contribution >= 0.6 is 0 Å². The van der Waals surface area contributed by atoms with Crippen LogP contribution < -0.4 is 16.4 Å². The predicted octanol–water partition coefficient (Wildman–Crippen LogP) is 3.12. The lowest BCUT2D eigenvalue weighted by Crippen LogP contribution is -2.15. The van der Waals surface area contributed by atoms with Crippen molar-refractivity contribution in [3.63, 3.8) is 0 Å². The van der Waals surface area contributed by atoms with Gasteiger partial charge in [0.1, 0.15) is 11.6 Å². The van der Waals surface area contributed by atoms with Crippen LogP contribution in [0.1, 0.15) is 46.5 Å². The quantitative estimate of drug-likeness (QED) is 0.639. The molecule has 0 saturated carbocycles. The van der Waals surface area contributed by atoms with E-state index in [-0.39, 0.29) is 0 Å². The first-order valence-electron chi connectivity index (χ1n) is 7.31. The number of nitrogens with one attached hydrogen (secondary N) is 2. The van der Waals surface area contributed by atoms with Crippen LogP contribution in [0.5, 0.6) is 0 Å². The molecule has 0 aliphatic carbocycles. The minimum Gasteiger partial charge on any atom is -0.370 e. The van der Waals surface area contributed by atoms with E-state index in [4.69, 9.17) is 5.73 Å². The maximum Gasteiger partial charge on any atom is 0.223 e. The molecule has 19 heavy (non-hydrogen) atoms. The number of nitrogens with two attached hydrogens (primary N) is 1. The van der Waals surface area contributed by atoms with Crippen molar-refractivity contribution in [2.24, 2.45) is 5.92 Å². The van der Waals surface area contributed by atoms with Crippen molar-refractivity contribution in [1.82, 2.24) is 9.97 Å². The molecule has 1 unspecified atom stereocenters. The summed E-state index contributed by atoms with van der Waals surface area (Å²) < 4.78 is 0. The number of aromatic nitrogens is 2. The minimum absolute atomic E-state index is 0.308. The number of hydrogen-bond donors (Lipinski definition) is 3. The Balaban J connectivity index is 2.55. The zero-order chi connectivity index (χ0) is 14.1. The van der Waals surface area contributed by atoms with Gasteiger partial charge in [0.05, 0.1) is 0 Å². The Kier molecular flexibility index (Phi) is 7.00. The highest BCUT2D eigenvalue weighted by molar-refractivity contribution is 5.50. The fraction of sp³-hybridized carbons (Fsp3) is 0.714. The lowest BCUT2D eigenvalue weighted by Gasteiger charge is -2.16. The molecule has 0 bridgehead atoms. The summed E-state index contributed by atoms with van der Waals surface area (Å²) in [5, 5.41) is 6.53. The summed E-state index contributed by atoms with van der Waals surface area (Å²) in [7, 11) is 0. The summed E-state index contributed by atoms with van der Waals surface area (Å²) in [6, 6.07) is 1.91. The SMILES string of the molecule is CCCCC(CC)CNc1cc(NCC)nc(N)n1. The number of rotatable bonds is 9. The minimum atomic E-state index is 0.308. The number of nitrogens with zero attached hydrogens (tertiary/aromatic N) is 2. The number of anilines is 3. The summed E-state index contributed by atoms with van der Waals surface area (Å²) in [4.78, 5) is 8.35. The van der Waals surface area contributed by atoms with Crippen molar-refractivity contribution in [3.8, 4) is 0 Å². The molecular weight excluding hydrogens is 238 g/mol. The van der Waals surface area contributed by atoms with Crippen LogP contribution in [0.2, 0.25) is 0 Å². The highest BCUT2D eigenvalue weighted by Gasteiger charge is 2.07. The molecule has 0 aliphatic rings. The van der Waals surface area contributed by atoms with Gasteiger partial charge in [0.15, 0.2) is 0 Å². The first-order chi connectivity index (χ1) is 9.19. The second kappa shape index (κ2) is 8.56. The second-order valence-electron chi connectivity index (χ2n) is 4.82. The normalized spacial score (nSPS) is 12.2. The summed E-state index contributed by atoms with van der Waals surface area (Å²) in [6.07, 6.45) is 4.99. The Morgan fingerprint density at radius 1 is 1.16 bits per heavy atom. The molecule has 5 heteroatoms. The molecular formula is C14H27N5. The van der Waals surface area contributed by atoms with Crippen LogP contribution in [-0.4, -0.2) is 23.1 Å². The lowest BCUT2D eigenvalue weighted by atomic mass is 9.99. The van der Waals surface area contributed by atoms with E-state index in [1.54, 1.807) is 0 Å². The van der Waals surface area contributed by atoms with E-state index in [2.05, 4.69) is 34.4 Å². The van der Waals surface area contributed by atoms with Crippen LogP contribution in [0.25, 0.3) is 0 Å².